The lowest BCUT2D eigenvalue weighted by atomic mass is 10.1. The van der Waals surface area contributed by atoms with Crippen molar-refractivity contribution in [3.8, 4) is 0 Å². The first kappa shape index (κ1) is 28.1. The van der Waals surface area contributed by atoms with Gasteiger partial charge in [0.2, 0.25) is 11.7 Å². The Labute approximate surface area is 221 Å². The number of hydrogen-bond donors (Lipinski definition) is 1. The highest BCUT2D eigenvalue weighted by molar-refractivity contribution is 6.17. The first-order chi connectivity index (χ1) is 18.7. The Morgan fingerprint density at radius 1 is 0.872 bits per heavy atom. The Morgan fingerprint density at radius 2 is 1.49 bits per heavy atom. The summed E-state index contributed by atoms with van der Waals surface area (Å²) in [4.78, 5) is 35.4. The number of para-hydroxylation sites is 1. The summed E-state index contributed by atoms with van der Waals surface area (Å²) in [5.74, 6) is -11.2. The number of fused-ring (bicyclic) bond motifs is 2. The van der Waals surface area contributed by atoms with E-state index in [1.54, 1.807) is 30.3 Å². The molecule has 7 nitrogen and oxygen atoms in total. The van der Waals surface area contributed by atoms with Crippen molar-refractivity contribution in [1.29, 1.82) is 0 Å². The summed E-state index contributed by atoms with van der Waals surface area (Å²) in [6.07, 6.45) is 1.44. The van der Waals surface area contributed by atoms with Crippen LogP contribution < -0.4 is 10.2 Å². The summed E-state index contributed by atoms with van der Waals surface area (Å²) in [7, 11) is 0. The SMILES string of the molecule is CCN(CC)CCN(CC(=O)N1c2ccccc2C(=O)Nc2cccnc21)Cc1c(F)c(F)c(F)c(F)c1F. The van der Waals surface area contributed by atoms with Crippen molar-refractivity contribution in [2.75, 3.05) is 42.9 Å². The van der Waals surface area contributed by atoms with Crippen LogP contribution in [-0.4, -0.2) is 59.3 Å². The van der Waals surface area contributed by atoms with E-state index >= 15 is 0 Å². The lowest BCUT2D eigenvalue weighted by Crippen LogP contribution is -2.42. The molecule has 1 aliphatic heterocycles. The zero-order valence-electron chi connectivity index (χ0n) is 21.3. The van der Waals surface area contributed by atoms with Crippen LogP contribution in [0, 0.1) is 29.1 Å². The molecule has 4 rings (SSSR count). The van der Waals surface area contributed by atoms with E-state index in [2.05, 4.69) is 10.3 Å². The summed E-state index contributed by atoms with van der Waals surface area (Å²) in [5.41, 5.74) is -0.345. The first-order valence-corrected chi connectivity index (χ1v) is 12.3. The average Bonchev–Trinajstić information content (AvgIpc) is 3.07. The standard InChI is InChI=1S/C27H26F5N5O2/c1-3-35(4-2)12-13-36(14-17-21(28)23(30)25(32)24(31)22(17)29)15-20(38)37-19-10-6-5-8-16(19)27(39)34-18-9-7-11-33-26(18)37/h5-11H,3-4,12-15H2,1-2H3,(H,34,39). The van der Waals surface area contributed by atoms with Gasteiger partial charge < -0.3 is 10.2 Å². The molecular formula is C27H26F5N5O2. The van der Waals surface area contributed by atoms with Gasteiger partial charge in [-0.2, -0.15) is 0 Å². The second-order valence-electron chi connectivity index (χ2n) is 8.86. The van der Waals surface area contributed by atoms with Crippen LogP contribution in [0.1, 0.15) is 29.8 Å². The Balaban J connectivity index is 1.73. The van der Waals surface area contributed by atoms with Gasteiger partial charge in [0.1, 0.15) is 0 Å². The molecular weight excluding hydrogens is 521 g/mol. The molecule has 0 atom stereocenters. The molecule has 0 aliphatic carbocycles. The fraction of sp³-hybridized carbons (Fsp3) is 0.296. The van der Waals surface area contributed by atoms with E-state index in [1.165, 1.54) is 22.1 Å². The Bertz CT molecular complexity index is 1370. The van der Waals surface area contributed by atoms with Crippen molar-refractivity contribution in [3.63, 3.8) is 0 Å². The molecule has 0 unspecified atom stereocenters. The van der Waals surface area contributed by atoms with Gasteiger partial charge in [0.05, 0.1) is 23.5 Å². The van der Waals surface area contributed by atoms with Crippen LogP contribution in [0.15, 0.2) is 42.6 Å². The maximum Gasteiger partial charge on any atom is 0.257 e. The smallest absolute Gasteiger partial charge is 0.257 e. The summed E-state index contributed by atoms with van der Waals surface area (Å²) in [5, 5.41) is 2.71. The van der Waals surface area contributed by atoms with Crippen LogP contribution >= 0.6 is 0 Å². The minimum atomic E-state index is -2.25. The number of halogens is 5. The molecule has 2 amide bonds. The van der Waals surface area contributed by atoms with Gasteiger partial charge in [-0.15, -0.1) is 0 Å². The largest absolute Gasteiger partial charge is 0.319 e. The molecule has 0 fully saturated rings. The van der Waals surface area contributed by atoms with Gasteiger partial charge in [0.15, 0.2) is 29.1 Å². The number of amides is 2. The van der Waals surface area contributed by atoms with Gasteiger partial charge in [-0.05, 0) is 37.4 Å². The van der Waals surface area contributed by atoms with E-state index in [-0.39, 0.29) is 29.3 Å². The molecule has 1 aliphatic rings. The third-order valence-electron chi connectivity index (χ3n) is 6.55. The molecule has 0 bridgehead atoms. The minimum Gasteiger partial charge on any atom is -0.319 e. The number of likely N-dealkylation sites (N-methyl/N-ethyl adjacent to an activating group) is 1. The summed E-state index contributed by atoms with van der Waals surface area (Å²) in [6.45, 7) is 4.35. The summed E-state index contributed by atoms with van der Waals surface area (Å²) >= 11 is 0. The number of carbonyl (C=O) groups excluding carboxylic acids is 2. The van der Waals surface area contributed by atoms with Crippen LogP contribution in [-0.2, 0) is 11.3 Å². The van der Waals surface area contributed by atoms with Crippen molar-refractivity contribution in [2.24, 2.45) is 0 Å². The maximum atomic E-state index is 14.6. The van der Waals surface area contributed by atoms with Gasteiger partial charge in [-0.1, -0.05) is 26.0 Å². The third kappa shape index (κ3) is 5.62. The monoisotopic (exact) mass is 547 g/mol. The second kappa shape index (κ2) is 11.9. The molecule has 0 spiro atoms. The van der Waals surface area contributed by atoms with E-state index in [9.17, 15) is 31.5 Å². The third-order valence-corrected chi connectivity index (χ3v) is 6.55. The molecule has 2 aromatic carbocycles. The van der Waals surface area contributed by atoms with Crippen molar-refractivity contribution >= 4 is 29.0 Å². The molecule has 39 heavy (non-hydrogen) atoms. The predicted molar refractivity (Wildman–Crippen MR) is 135 cm³/mol. The number of nitrogens with one attached hydrogen (secondary N) is 1. The number of rotatable bonds is 9. The lowest BCUT2D eigenvalue weighted by Gasteiger charge is -2.29. The first-order valence-electron chi connectivity index (χ1n) is 12.3. The Hall–Kier alpha value is -3.90. The van der Waals surface area contributed by atoms with Crippen molar-refractivity contribution in [2.45, 2.75) is 20.4 Å². The normalized spacial score (nSPS) is 12.8. The molecule has 1 N–H and O–H groups in total. The van der Waals surface area contributed by atoms with E-state index in [0.29, 0.717) is 19.6 Å². The molecule has 3 aromatic rings. The van der Waals surface area contributed by atoms with Crippen molar-refractivity contribution in [3.05, 3.63) is 82.8 Å². The number of aromatic nitrogens is 1. The van der Waals surface area contributed by atoms with Crippen molar-refractivity contribution < 1.29 is 31.5 Å². The highest BCUT2D eigenvalue weighted by Crippen LogP contribution is 2.36. The topological polar surface area (TPSA) is 68.8 Å². The number of nitrogens with zero attached hydrogens (tertiary/aromatic N) is 4. The quantitative estimate of drug-likeness (QED) is 0.236. The van der Waals surface area contributed by atoms with Crippen LogP contribution in [0.4, 0.5) is 39.1 Å². The fourth-order valence-corrected chi connectivity index (χ4v) is 4.40. The number of anilines is 3. The number of hydrogen-bond acceptors (Lipinski definition) is 5. The molecule has 0 saturated carbocycles. The van der Waals surface area contributed by atoms with Gasteiger partial charge in [0, 0.05) is 31.4 Å². The Kier molecular flexibility index (Phi) is 8.56. The summed E-state index contributed by atoms with van der Waals surface area (Å²) in [6, 6.07) is 9.50. The van der Waals surface area contributed by atoms with Crippen LogP contribution in [0.2, 0.25) is 0 Å². The van der Waals surface area contributed by atoms with Gasteiger partial charge in [-0.3, -0.25) is 19.4 Å². The second-order valence-corrected chi connectivity index (χ2v) is 8.86. The zero-order valence-corrected chi connectivity index (χ0v) is 21.3. The average molecular weight is 548 g/mol. The minimum absolute atomic E-state index is 0.0780. The van der Waals surface area contributed by atoms with Crippen molar-refractivity contribution in [1.82, 2.24) is 14.8 Å². The number of benzene rings is 2. The van der Waals surface area contributed by atoms with E-state index in [0.717, 1.165) is 0 Å². The molecule has 2 heterocycles. The lowest BCUT2D eigenvalue weighted by molar-refractivity contribution is -0.119. The van der Waals surface area contributed by atoms with Crippen LogP contribution in [0.3, 0.4) is 0 Å². The zero-order chi connectivity index (χ0) is 28.3. The molecule has 0 radical (unpaired) electrons. The Morgan fingerprint density at radius 3 is 2.15 bits per heavy atom. The van der Waals surface area contributed by atoms with Crippen LogP contribution in [0.25, 0.3) is 0 Å². The summed E-state index contributed by atoms with van der Waals surface area (Å²) < 4.78 is 70.6. The molecule has 12 heteroatoms. The molecule has 1 aromatic heterocycles. The number of carbonyl (C=O) groups is 2. The number of pyridine rings is 1. The van der Waals surface area contributed by atoms with E-state index < -0.39 is 59.6 Å². The van der Waals surface area contributed by atoms with Gasteiger partial charge in [0.25, 0.3) is 5.91 Å². The maximum absolute atomic E-state index is 14.6. The van der Waals surface area contributed by atoms with E-state index in [4.69, 9.17) is 0 Å². The predicted octanol–water partition coefficient (Wildman–Crippen LogP) is 4.85. The molecule has 206 valence electrons. The van der Waals surface area contributed by atoms with Crippen LogP contribution in [0.5, 0.6) is 0 Å². The van der Waals surface area contributed by atoms with E-state index in [1.807, 2.05) is 18.7 Å². The highest BCUT2D eigenvalue weighted by Gasteiger charge is 2.32. The molecule has 0 saturated heterocycles. The van der Waals surface area contributed by atoms with Gasteiger partial charge in [-0.25, -0.2) is 26.9 Å². The fourth-order valence-electron chi connectivity index (χ4n) is 4.40. The highest BCUT2D eigenvalue weighted by atomic mass is 19.2. The van der Waals surface area contributed by atoms with Gasteiger partial charge >= 0.3 is 0 Å².